The van der Waals surface area contributed by atoms with Crippen molar-refractivity contribution >= 4 is 70.0 Å². The van der Waals surface area contributed by atoms with Crippen molar-refractivity contribution in [1.82, 2.24) is 0 Å². The number of carbonyl (C=O) groups excluding carboxylic acids is 1. The van der Waals surface area contributed by atoms with Crippen LogP contribution in [-0.4, -0.2) is 15.1 Å². The monoisotopic (exact) mass is 463 g/mol. The third-order valence-corrected chi connectivity index (χ3v) is 9.56. The van der Waals surface area contributed by atoms with Gasteiger partial charge in [-0.05, 0) is 46.8 Å². The molecule has 2 heterocycles. The molecule has 2 nitrogen and oxygen atoms in total. The first kappa shape index (κ1) is 19.7. The lowest BCUT2D eigenvalue weighted by Crippen LogP contribution is -2.09. The molecule has 0 radical (unpaired) electrons. The third-order valence-electron chi connectivity index (χ3n) is 4.57. The van der Waals surface area contributed by atoms with Crippen LogP contribution in [0.5, 0.6) is 0 Å². The lowest BCUT2D eigenvalue weighted by molar-refractivity contribution is -0.105. The van der Waals surface area contributed by atoms with Crippen molar-refractivity contribution in [3.63, 3.8) is 0 Å². The lowest BCUT2D eigenvalue weighted by atomic mass is 10.2. The SMILES string of the molecule is O=C1SC(=c2ccc(=C3SC(O)=C(c4ccccc4)S3)cc2)[S+]=C1c1ccccc1. The summed E-state index contributed by atoms with van der Waals surface area (Å²) in [6, 6.07) is 28.0. The Morgan fingerprint density at radius 1 is 0.667 bits per heavy atom. The molecule has 0 bridgehead atoms. The average molecular weight is 464 g/mol. The van der Waals surface area contributed by atoms with Crippen molar-refractivity contribution in [2.24, 2.45) is 0 Å². The number of carbonyl (C=O) groups is 1. The third kappa shape index (κ3) is 3.88. The van der Waals surface area contributed by atoms with Crippen LogP contribution in [0.1, 0.15) is 11.1 Å². The van der Waals surface area contributed by atoms with E-state index in [9.17, 15) is 9.90 Å². The molecule has 2 aliphatic rings. The van der Waals surface area contributed by atoms with Gasteiger partial charge in [-0.1, -0.05) is 72.4 Å². The maximum atomic E-state index is 12.5. The van der Waals surface area contributed by atoms with Crippen molar-refractivity contribution in [1.29, 1.82) is 0 Å². The molecule has 2 aliphatic heterocycles. The Morgan fingerprint density at radius 2 is 1.27 bits per heavy atom. The summed E-state index contributed by atoms with van der Waals surface area (Å²) in [5.74, 6) is 0. The van der Waals surface area contributed by atoms with Gasteiger partial charge in [0.1, 0.15) is 0 Å². The molecule has 0 fully saturated rings. The molecular weight excluding hydrogens is 449 g/mol. The molecule has 0 unspecified atom stereocenters. The zero-order valence-corrected chi connectivity index (χ0v) is 18.8. The molecule has 0 atom stereocenters. The molecule has 6 heteroatoms. The Kier molecular flexibility index (Phi) is 5.56. The number of thioether (sulfide) groups is 3. The topological polar surface area (TPSA) is 37.3 Å². The van der Waals surface area contributed by atoms with Crippen LogP contribution in [-0.2, 0) is 16.1 Å². The van der Waals surface area contributed by atoms with Crippen LogP contribution >= 0.6 is 35.3 Å². The van der Waals surface area contributed by atoms with Gasteiger partial charge in [-0.25, -0.2) is 0 Å². The number of aliphatic hydroxyl groups is 1. The Morgan fingerprint density at radius 3 is 1.93 bits per heavy atom. The van der Waals surface area contributed by atoms with Gasteiger partial charge in [0.15, 0.2) is 5.09 Å². The number of aliphatic hydroxyl groups excluding tert-OH is 1. The largest absolute Gasteiger partial charge is 0.501 e. The van der Waals surface area contributed by atoms with Crippen LogP contribution in [0.2, 0.25) is 0 Å². The summed E-state index contributed by atoms with van der Waals surface area (Å²) in [7, 11) is 0. The van der Waals surface area contributed by atoms with Gasteiger partial charge < -0.3 is 5.11 Å². The number of benzene rings is 3. The van der Waals surface area contributed by atoms with E-state index >= 15 is 0 Å². The van der Waals surface area contributed by atoms with Gasteiger partial charge in [0, 0.05) is 22.5 Å². The minimum atomic E-state index is 0.100. The molecule has 30 heavy (non-hydrogen) atoms. The fourth-order valence-corrected chi connectivity index (χ4v) is 7.72. The van der Waals surface area contributed by atoms with Gasteiger partial charge in [0.05, 0.1) is 9.14 Å². The van der Waals surface area contributed by atoms with E-state index in [1.54, 1.807) is 23.1 Å². The quantitative estimate of drug-likeness (QED) is 0.438. The molecule has 5 rings (SSSR count). The van der Waals surface area contributed by atoms with Crippen LogP contribution in [0.25, 0.3) is 13.4 Å². The summed E-state index contributed by atoms with van der Waals surface area (Å²) < 4.78 is 2.07. The van der Waals surface area contributed by atoms with Gasteiger partial charge in [0.2, 0.25) is 11.4 Å². The summed E-state index contributed by atoms with van der Waals surface area (Å²) in [4.78, 5) is 14.2. The van der Waals surface area contributed by atoms with E-state index in [2.05, 4.69) is 24.3 Å². The predicted octanol–water partition coefficient (Wildman–Crippen LogP) is 4.76. The second kappa shape index (κ2) is 8.47. The van der Waals surface area contributed by atoms with Gasteiger partial charge in [0.25, 0.3) is 14.2 Å². The molecule has 0 saturated carbocycles. The van der Waals surface area contributed by atoms with Gasteiger partial charge in [-0.3, -0.25) is 4.79 Å². The van der Waals surface area contributed by atoms with E-state index in [0.29, 0.717) is 5.09 Å². The van der Waals surface area contributed by atoms with E-state index in [0.717, 1.165) is 39.8 Å². The smallest absolute Gasteiger partial charge is 0.293 e. The van der Waals surface area contributed by atoms with Crippen LogP contribution in [0.3, 0.4) is 0 Å². The molecule has 3 aromatic rings. The normalized spacial score (nSPS) is 16.4. The van der Waals surface area contributed by atoms with Crippen LogP contribution in [0, 0.1) is 0 Å². The Bertz CT molecular complexity index is 1300. The van der Waals surface area contributed by atoms with Gasteiger partial charge in [-0.15, -0.1) is 0 Å². The minimum Gasteiger partial charge on any atom is -0.501 e. The van der Waals surface area contributed by atoms with E-state index in [4.69, 9.17) is 0 Å². The van der Waals surface area contributed by atoms with Crippen molar-refractivity contribution in [2.45, 2.75) is 0 Å². The first-order valence-corrected chi connectivity index (χ1v) is 12.5. The summed E-state index contributed by atoms with van der Waals surface area (Å²) >= 11 is 5.83. The summed E-state index contributed by atoms with van der Waals surface area (Å²) in [5.41, 5.74) is 1.99. The van der Waals surface area contributed by atoms with E-state index < -0.39 is 0 Å². The maximum Gasteiger partial charge on any atom is 0.293 e. The second-order valence-corrected chi connectivity index (χ2v) is 11.1. The predicted molar refractivity (Wildman–Crippen MR) is 134 cm³/mol. The van der Waals surface area contributed by atoms with Crippen molar-refractivity contribution < 1.29 is 9.90 Å². The highest BCUT2D eigenvalue weighted by Gasteiger charge is 2.36. The first-order valence-electron chi connectivity index (χ1n) is 9.20. The molecule has 0 spiro atoms. The van der Waals surface area contributed by atoms with Crippen molar-refractivity contribution in [3.8, 4) is 0 Å². The van der Waals surface area contributed by atoms with Crippen molar-refractivity contribution in [2.75, 3.05) is 0 Å². The van der Waals surface area contributed by atoms with E-state index in [1.807, 2.05) is 60.7 Å². The fourth-order valence-electron chi connectivity index (χ4n) is 3.09. The molecule has 0 amide bonds. The maximum absolute atomic E-state index is 12.5. The zero-order chi connectivity index (χ0) is 20.5. The Balaban J connectivity index is 1.47. The minimum absolute atomic E-state index is 0.100. The van der Waals surface area contributed by atoms with E-state index in [1.165, 1.54) is 23.5 Å². The molecule has 1 N–H and O–H groups in total. The number of rotatable bonds is 2. The van der Waals surface area contributed by atoms with Gasteiger partial charge >= 0.3 is 0 Å². The lowest BCUT2D eigenvalue weighted by Gasteiger charge is -2.00. The number of hydrogen-bond acceptors (Lipinski definition) is 5. The molecule has 0 aliphatic carbocycles. The summed E-state index contributed by atoms with van der Waals surface area (Å²) in [5, 5.41) is 13.0. The second-order valence-electron chi connectivity index (χ2n) is 6.54. The van der Waals surface area contributed by atoms with Crippen LogP contribution in [0.15, 0.2) is 90.0 Å². The molecule has 0 aromatic heterocycles. The summed E-state index contributed by atoms with van der Waals surface area (Å²) in [6.07, 6.45) is 0. The first-order chi connectivity index (χ1) is 14.7. The highest BCUT2D eigenvalue weighted by Crippen LogP contribution is 2.52. The van der Waals surface area contributed by atoms with E-state index in [-0.39, 0.29) is 5.12 Å². The molecule has 3 aromatic carbocycles. The highest BCUT2D eigenvalue weighted by atomic mass is 32.2. The standard InChI is InChI=1S/C24H14O2S4/c25-21-19(15-7-3-1-4-8-15)27-23(29-21)17-11-13-18(14-12-17)24-28-20(22(26)30-24)16-9-5-2-6-10-16/h1-14H/p+1. The van der Waals surface area contributed by atoms with Crippen molar-refractivity contribution in [3.05, 3.63) is 112 Å². The molecule has 0 saturated heterocycles. The zero-order valence-electron chi connectivity index (χ0n) is 15.6. The molecular formula is C24H15O2S4+. The highest BCUT2D eigenvalue weighted by molar-refractivity contribution is 8.38. The fraction of sp³-hybridized carbons (Fsp3) is 0. The average Bonchev–Trinajstić information content (AvgIpc) is 3.38. The Labute approximate surface area is 190 Å². The van der Waals surface area contributed by atoms with Gasteiger partial charge in [-0.2, -0.15) is 0 Å². The summed E-state index contributed by atoms with van der Waals surface area (Å²) in [6.45, 7) is 0. The van der Waals surface area contributed by atoms with Crippen LogP contribution < -0.4 is 10.4 Å². The van der Waals surface area contributed by atoms with Crippen LogP contribution in [0.4, 0.5) is 0 Å². The number of hydrogen-bond donors (Lipinski definition) is 1. The molecule has 146 valence electrons. The Hall–Kier alpha value is -2.25.